The zero-order valence-electron chi connectivity index (χ0n) is 23.9. The SMILES string of the molecule is CCCCCCCCCCCCCCN(CCCCCCCCCCCCCC)C(=O)COC. The van der Waals surface area contributed by atoms with Crippen LogP contribution in [0, 0.1) is 0 Å². The molecule has 0 saturated carbocycles. The van der Waals surface area contributed by atoms with Crippen LogP contribution in [0.4, 0.5) is 0 Å². The average molecular weight is 482 g/mol. The first-order chi connectivity index (χ1) is 16.8. The summed E-state index contributed by atoms with van der Waals surface area (Å²) in [6.45, 7) is 6.63. The molecule has 0 fully saturated rings. The summed E-state index contributed by atoms with van der Waals surface area (Å²) in [5.74, 6) is 0.175. The summed E-state index contributed by atoms with van der Waals surface area (Å²) in [5.41, 5.74) is 0. The minimum atomic E-state index is 0.175. The van der Waals surface area contributed by atoms with Gasteiger partial charge in [-0.25, -0.2) is 0 Å². The first kappa shape index (κ1) is 33.4. The maximum Gasteiger partial charge on any atom is 0.248 e. The lowest BCUT2D eigenvalue weighted by molar-refractivity contribution is -0.135. The molecule has 0 aromatic heterocycles. The highest BCUT2D eigenvalue weighted by Crippen LogP contribution is 2.14. The van der Waals surface area contributed by atoms with Crippen LogP contribution in [0.3, 0.4) is 0 Å². The van der Waals surface area contributed by atoms with Gasteiger partial charge in [0.2, 0.25) is 5.91 Å². The number of rotatable bonds is 28. The molecule has 3 heteroatoms. The maximum atomic E-state index is 12.4. The molecule has 3 nitrogen and oxygen atoms in total. The number of amides is 1. The van der Waals surface area contributed by atoms with Crippen molar-refractivity contribution in [2.24, 2.45) is 0 Å². The Bertz CT molecular complexity index is 371. The van der Waals surface area contributed by atoms with Crippen LogP contribution >= 0.6 is 0 Å². The molecule has 0 heterocycles. The van der Waals surface area contributed by atoms with Crippen LogP contribution in [0.5, 0.6) is 0 Å². The molecule has 0 saturated heterocycles. The predicted molar refractivity (Wildman–Crippen MR) is 151 cm³/mol. The molecule has 0 N–H and O–H groups in total. The van der Waals surface area contributed by atoms with Crippen molar-refractivity contribution in [2.45, 2.75) is 168 Å². The fourth-order valence-corrected chi connectivity index (χ4v) is 4.86. The van der Waals surface area contributed by atoms with Crippen molar-refractivity contribution in [2.75, 3.05) is 26.8 Å². The van der Waals surface area contributed by atoms with Crippen molar-refractivity contribution in [3.05, 3.63) is 0 Å². The number of carbonyl (C=O) groups excluding carboxylic acids is 1. The fraction of sp³-hybridized carbons (Fsp3) is 0.968. The lowest BCUT2D eigenvalue weighted by Gasteiger charge is -2.22. The minimum Gasteiger partial charge on any atom is -0.375 e. The Balaban J connectivity index is 3.65. The van der Waals surface area contributed by atoms with E-state index in [1.165, 1.54) is 141 Å². The second-order valence-electron chi connectivity index (χ2n) is 10.6. The van der Waals surface area contributed by atoms with Crippen molar-refractivity contribution < 1.29 is 9.53 Å². The zero-order valence-corrected chi connectivity index (χ0v) is 23.9. The topological polar surface area (TPSA) is 29.5 Å². The molecule has 204 valence electrons. The molecule has 0 spiro atoms. The molecule has 0 aromatic rings. The number of unbranched alkanes of at least 4 members (excludes halogenated alkanes) is 22. The summed E-state index contributed by atoms with van der Waals surface area (Å²) in [7, 11) is 1.63. The van der Waals surface area contributed by atoms with Crippen molar-refractivity contribution in [3.8, 4) is 0 Å². The van der Waals surface area contributed by atoms with Gasteiger partial charge in [0.1, 0.15) is 6.61 Å². The van der Waals surface area contributed by atoms with E-state index in [0.29, 0.717) is 0 Å². The Morgan fingerprint density at radius 2 is 0.735 bits per heavy atom. The van der Waals surface area contributed by atoms with Crippen molar-refractivity contribution >= 4 is 5.91 Å². The molecule has 0 aliphatic carbocycles. The van der Waals surface area contributed by atoms with Gasteiger partial charge in [-0.1, -0.05) is 155 Å². The van der Waals surface area contributed by atoms with Crippen LogP contribution in [-0.4, -0.2) is 37.6 Å². The lowest BCUT2D eigenvalue weighted by Crippen LogP contribution is -2.35. The quantitative estimate of drug-likeness (QED) is 0.104. The predicted octanol–water partition coefficient (Wildman–Crippen LogP) is 9.86. The number of methoxy groups -OCH3 is 1. The van der Waals surface area contributed by atoms with E-state index in [-0.39, 0.29) is 12.5 Å². The summed E-state index contributed by atoms with van der Waals surface area (Å²) in [5, 5.41) is 0. The minimum absolute atomic E-state index is 0.175. The number of ether oxygens (including phenoxy) is 1. The van der Waals surface area contributed by atoms with E-state index in [1.54, 1.807) is 7.11 Å². The van der Waals surface area contributed by atoms with Crippen LogP contribution in [0.15, 0.2) is 0 Å². The lowest BCUT2D eigenvalue weighted by atomic mass is 10.0. The van der Waals surface area contributed by atoms with Crippen LogP contribution in [0.2, 0.25) is 0 Å². The highest BCUT2D eigenvalue weighted by molar-refractivity contribution is 5.77. The summed E-state index contributed by atoms with van der Waals surface area (Å²) in [6.07, 6.45) is 32.6. The molecule has 0 radical (unpaired) electrons. The largest absolute Gasteiger partial charge is 0.375 e. The highest BCUT2D eigenvalue weighted by Gasteiger charge is 2.12. The van der Waals surface area contributed by atoms with Gasteiger partial charge in [-0.05, 0) is 12.8 Å². The summed E-state index contributed by atoms with van der Waals surface area (Å²) < 4.78 is 5.12. The van der Waals surface area contributed by atoms with Gasteiger partial charge in [-0.3, -0.25) is 4.79 Å². The summed E-state index contributed by atoms with van der Waals surface area (Å²) >= 11 is 0. The molecule has 0 bridgehead atoms. The molecular weight excluding hydrogens is 418 g/mol. The van der Waals surface area contributed by atoms with E-state index < -0.39 is 0 Å². The zero-order chi connectivity index (χ0) is 25.0. The monoisotopic (exact) mass is 481 g/mol. The Kier molecular flexibility index (Phi) is 28.2. The Morgan fingerprint density at radius 3 is 1.00 bits per heavy atom. The smallest absolute Gasteiger partial charge is 0.248 e. The van der Waals surface area contributed by atoms with Crippen LogP contribution in [0.1, 0.15) is 168 Å². The van der Waals surface area contributed by atoms with Gasteiger partial charge in [0.15, 0.2) is 0 Å². The molecule has 0 aliphatic heterocycles. The fourth-order valence-electron chi connectivity index (χ4n) is 4.86. The highest BCUT2D eigenvalue weighted by atomic mass is 16.5. The van der Waals surface area contributed by atoms with E-state index >= 15 is 0 Å². The number of nitrogens with zero attached hydrogens (tertiary/aromatic N) is 1. The summed E-state index contributed by atoms with van der Waals surface area (Å²) in [6, 6.07) is 0. The van der Waals surface area contributed by atoms with Gasteiger partial charge in [0.05, 0.1) is 0 Å². The Labute approximate surface area is 215 Å². The maximum absolute atomic E-state index is 12.4. The molecule has 0 aliphatic rings. The molecular formula is C31H63NO2. The van der Waals surface area contributed by atoms with Gasteiger partial charge in [0, 0.05) is 20.2 Å². The third-order valence-electron chi connectivity index (χ3n) is 7.18. The first-order valence-electron chi connectivity index (χ1n) is 15.5. The van der Waals surface area contributed by atoms with E-state index in [0.717, 1.165) is 25.9 Å². The van der Waals surface area contributed by atoms with Gasteiger partial charge in [-0.15, -0.1) is 0 Å². The number of hydrogen-bond acceptors (Lipinski definition) is 2. The molecule has 0 atom stereocenters. The van der Waals surface area contributed by atoms with Gasteiger partial charge in [-0.2, -0.15) is 0 Å². The van der Waals surface area contributed by atoms with Crippen molar-refractivity contribution in [3.63, 3.8) is 0 Å². The van der Waals surface area contributed by atoms with E-state index in [4.69, 9.17) is 4.74 Å². The van der Waals surface area contributed by atoms with Gasteiger partial charge >= 0.3 is 0 Å². The van der Waals surface area contributed by atoms with Gasteiger partial charge in [0.25, 0.3) is 0 Å². The van der Waals surface area contributed by atoms with Crippen molar-refractivity contribution in [1.29, 1.82) is 0 Å². The van der Waals surface area contributed by atoms with Crippen LogP contribution in [0.25, 0.3) is 0 Å². The third-order valence-corrected chi connectivity index (χ3v) is 7.18. The second kappa shape index (κ2) is 28.7. The van der Waals surface area contributed by atoms with Crippen molar-refractivity contribution in [1.82, 2.24) is 4.90 Å². The Morgan fingerprint density at radius 1 is 0.471 bits per heavy atom. The standard InChI is InChI=1S/C31H63NO2/c1-4-6-8-10-12-14-16-18-20-22-24-26-28-32(31(33)30-34-3)29-27-25-23-21-19-17-15-13-11-9-7-5-2/h4-30H2,1-3H3. The summed E-state index contributed by atoms with van der Waals surface area (Å²) in [4.78, 5) is 14.5. The first-order valence-corrected chi connectivity index (χ1v) is 15.5. The molecule has 1 amide bonds. The number of carbonyl (C=O) groups is 1. The van der Waals surface area contributed by atoms with Crippen LogP contribution in [-0.2, 0) is 9.53 Å². The molecule has 34 heavy (non-hydrogen) atoms. The second-order valence-corrected chi connectivity index (χ2v) is 10.6. The van der Waals surface area contributed by atoms with E-state index in [9.17, 15) is 4.79 Å². The van der Waals surface area contributed by atoms with Gasteiger partial charge < -0.3 is 9.64 Å². The number of hydrogen-bond donors (Lipinski definition) is 0. The normalized spacial score (nSPS) is 11.3. The molecule has 0 unspecified atom stereocenters. The van der Waals surface area contributed by atoms with E-state index in [1.807, 2.05) is 0 Å². The van der Waals surface area contributed by atoms with Crippen LogP contribution < -0.4 is 0 Å². The Hall–Kier alpha value is -0.570. The molecule has 0 rings (SSSR count). The van der Waals surface area contributed by atoms with E-state index in [2.05, 4.69) is 18.7 Å². The average Bonchev–Trinajstić information content (AvgIpc) is 2.84. The molecule has 0 aromatic carbocycles. The third kappa shape index (κ3) is 24.6.